The van der Waals surface area contributed by atoms with E-state index in [1.54, 1.807) is 21.0 Å². The first-order chi connectivity index (χ1) is 8.86. The zero-order valence-electron chi connectivity index (χ0n) is 11.5. The minimum Gasteiger partial charge on any atom is -0.497 e. The number of carbonyl (C=O) groups is 1. The molecule has 0 aliphatic heterocycles. The maximum atomic E-state index is 11.0. The summed E-state index contributed by atoms with van der Waals surface area (Å²) in [6.45, 7) is 4.83. The standard InChI is InChI=1S/C14H20BrNO3/c1-14(2,13(17)18)6-7-16-9-10-4-5-11(19-3)8-12(10)15/h4-5,8,16H,6-7,9H2,1-3H3,(H,17,18). The Kier molecular flexibility index (Phi) is 5.82. The van der Waals surface area contributed by atoms with Gasteiger partial charge in [-0.3, -0.25) is 4.79 Å². The molecule has 0 radical (unpaired) electrons. The maximum absolute atomic E-state index is 11.0. The van der Waals surface area contributed by atoms with Crippen LogP contribution >= 0.6 is 15.9 Å². The molecule has 0 spiro atoms. The summed E-state index contributed by atoms with van der Waals surface area (Å²) in [5.74, 6) is 0.0440. The number of hydrogen-bond donors (Lipinski definition) is 2. The first-order valence-corrected chi connectivity index (χ1v) is 6.92. The van der Waals surface area contributed by atoms with Gasteiger partial charge in [0.15, 0.2) is 0 Å². The Hall–Kier alpha value is -1.07. The van der Waals surface area contributed by atoms with Crippen molar-refractivity contribution in [3.8, 4) is 5.75 Å². The molecule has 5 heteroatoms. The summed E-state index contributed by atoms with van der Waals surface area (Å²) >= 11 is 3.49. The molecule has 0 heterocycles. The van der Waals surface area contributed by atoms with Crippen molar-refractivity contribution in [3.63, 3.8) is 0 Å². The second-order valence-corrected chi connectivity index (χ2v) is 5.93. The quantitative estimate of drug-likeness (QED) is 0.755. The van der Waals surface area contributed by atoms with E-state index in [-0.39, 0.29) is 0 Å². The van der Waals surface area contributed by atoms with Crippen molar-refractivity contribution < 1.29 is 14.6 Å². The highest BCUT2D eigenvalue weighted by atomic mass is 79.9. The number of ether oxygens (including phenoxy) is 1. The molecule has 0 amide bonds. The van der Waals surface area contributed by atoms with Gasteiger partial charge < -0.3 is 15.2 Å². The second-order valence-electron chi connectivity index (χ2n) is 5.07. The Morgan fingerprint density at radius 1 is 1.47 bits per heavy atom. The Morgan fingerprint density at radius 3 is 2.68 bits per heavy atom. The number of carboxylic acids is 1. The van der Waals surface area contributed by atoms with Gasteiger partial charge in [-0.25, -0.2) is 0 Å². The van der Waals surface area contributed by atoms with Gasteiger partial charge in [0, 0.05) is 11.0 Å². The minimum absolute atomic E-state index is 0.593. The maximum Gasteiger partial charge on any atom is 0.309 e. The summed E-state index contributed by atoms with van der Waals surface area (Å²) in [7, 11) is 1.63. The van der Waals surface area contributed by atoms with Crippen LogP contribution in [0.5, 0.6) is 5.75 Å². The minimum atomic E-state index is -0.764. The molecule has 0 aliphatic rings. The molecule has 0 bridgehead atoms. The van der Waals surface area contributed by atoms with Gasteiger partial charge >= 0.3 is 5.97 Å². The Bertz CT molecular complexity index is 446. The number of aliphatic carboxylic acids is 1. The van der Waals surface area contributed by atoms with Gasteiger partial charge in [0.1, 0.15) is 5.75 Å². The average Bonchev–Trinajstić information content (AvgIpc) is 2.35. The normalized spacial score (nSPS) is 11.4. The van der Waals surface area contributed by atoms with Crippen LogP contribution < -0.4 is 10.1 Å². The van der Waals surface area contributed by atoms with Crippen LogP contribution in [0.25, 0.3) is 0 Å². The molecule has 2 N–H and O–H groups in total. The van der Waals surface area contributed by atoms with E-state index in [2.05, 4.69) is 21.2 Å². The topological polar surface area (TPSA) is 58.6 Å². The lowest BCUT2D eigenvalue weighted by Gasteiger charge is -2.19. The van der Waals surface area contributed by atoms with Crippen molar-refractivity contribution in [2.45, 2.75) is 26.8 Å². The van der Waals surface area contributed by atoms with Crippen LogP contribution in [0.3, 0.4) is 0 Å². The van der Waals surface area contributed by atoms with Crippen LogP contribution in [-0.2, 0) is 11.3 Å². The van der Waals surface area contributed by atoms with Crippen LogP contribution in [0.2, 0.25) is 0 Å². The third-order valence-corrected chi connectivity index (χ3v) is 3.82. The van der Waals surface area contributed by atoms with Crippen LogP contribution in [0.4, 0.5) is 0 Å². The molecule has 0 saturated carbocycles. The number of halogens is 1. The molecule has 1 aromatic carbocycles. The van der Waals surface area contributed by atoms with Crippen LogP contribution in [-0.4, -0.2) is 24.7 Å². The lowest BCUT2D eigenvalue weighted by atomic mass is 9.90. The van der Waals surface area contributed by atoms with Gasteiger partial charge in [-0.1, -0.05) is 22.0 Å². The molecule has 0 aliphatic carbocycles. The molecular formula is C14H20BrNO3. The summed E-state index contributed by atoms with van der Waals surface area (Å²) in [4.78, 5) is 11.0. The summed E-state index contributed by atoms with van der Waals surface area (Å²) < 4.78 is 6.11. The lowest BCUT2D eigenvalue weighted by Crippen LogP contribution is -2.28. The number of benzene rings is 1. The molecule has 0 unspecified atom stereocenters. The van der Waals surface area contributed by atoms with Crippen molar-refractivity contribution in [1.29, 1.82) is 0 Å². The van der Waals surface area contributed by atoms with Crippen molar-refractivity contribution in [2.75, 3.05) is 13.7 Å². The second kappa shape index (κ2) is 6.91. The molecule has 19 heavy (non-hydrogen) atoms. The van der Waals surface area contributed by atoms with Gasteiger partial charge in [-0.2, -0.15) is 0 Å². The van der Waals surface area contributed by atoms with Gasteiger partial charge in [-0.05, 0) is 44.5 Å². The molecule has 4 nitrogen and oxygen atoms in total. The Morgan fingerprint density at radius 2 is 2.16 bits per heavy atom. The molecule has 0 aromatic heterocycles. The van der Waals surface area contributed by atoms with Crippen molar-refractivity contribution in [2.24, 2.45) is 5.41 Å². The average molecular weight is 330 g/mol. The van der Waals surface area contributed by atoms with Crippen LogP contribution in [0, 0.1) is 5.41 Å². The smallest absolute Gasteiger partial charge is 0.309 e. The molecular weight excluding hydrogens is 310 g/mol. The van der Waals surface area contributed by atoms with E-state index in [1.807, 2.05) is 18.2 Å². The first kappa shape index (κ1) is 16.0. The van der Waals surface area contributed by atoms with Crippen molar-refractivity contribution in [3.05, 3.63) is 28.2 Å². The number of nitrogens with one attached hydrogen (secondary N) is 1. The van der Waals surface area contributed by atoms with E-state index in [1.165, 1.54) is 0 Å². The fourth-order valence-corrected chi connectivity index (χ4v) is 2.03. The van der Waals surface area contributed by atoms with E-state index in [0.29, 0.717) is 19.5 Å². The lowest BCUT2D eigenvalue weighted by molar-refractivity contribution is -0.147. The monoisotopic (exact) mass is 329 g/mol. The summed E-state index contributed by atoms with van der Waals surface area (Å²) in [5.41, 5.74) is 0.429. The fraction of sp³-hybridized carbons (Fsp3) is 0.500. The SMILES string of the molecule is COc1ccc(CNCCC(C)(C)C(=O)O)c(Br)c1. The first-order valence-electron chi connectivity index (χ1n) is 6.13. The van der Waals surface area contributed by atoms with Crippen LogP contribution in [0.15, 0.2) is 22.7 Å². The molecule has 1 aromatic rings. The fourth-order valence-electron chi connectivity index (χ4n) is 1.53. The highest BCUT2D eigenvalue weighted by Gasteiger charge is 2.26. The highest BCUT2D eigenvalue weighted by molar-refractivity contribution is 9.10. The molecule has 0 saturated heterocycles. The zero-order chi connectivity index (χ0) is 14.5. The molecule has 0 fully saturated rings. The van der Waals surface area contributed by atoms with E-state index in [4.69, 9.17) is 9.84 Å². The molecule has 1 rings (SSSR count). The van der Waals surface area contributed by atoms with Gasteiger partial charge in [0.05, 0.1) is 12.5 Å². The highest BCUT2D eigenvalue weighted by Crippen LogP contribution is 2.23. The third kappa shape index (κ3) is 4.84. The van der Waals surface area contributed by atoms with Gasteiger partial charge in [0.25, 0.3) is 0 Å². The van der Waals surface area contributed by atoms with Gasteiger partial charge in [-0.15, -0.1) is 0 Å². The summed E-state index contributed by atoms with van der Waals surface area (Å²) in [5, 5.41) is 12.3. The Labute approximate surface area is 122 Å². The summed E-state index contributed by atoms with van der Waals surface area (Å²) in [6.07, 6.45) is 0.593. The van der Waals surface area contributed by atoms with E-state index < -0.39 is 11.4 Å². The van der Waals surface area contributed by atoms with Crippen molar-refractivity contribution in [1.82, 2.24) is 5.32 Å². The number of methoxy groups -OCH3 is 1. The zero-order valence-corrected chi connectivity index (χ0v) is 13.1. The Balaban J connectivity index is 2.44. The number of hydrogen-bond acceptors (Lipinski definition) is 3. The summed E-state index contributed by atoms with van der Waals surface area (Å²) in [6, 6.07) is 5.80. The number of carboxylic acid groups (broad SMARTS) is 1. The van der Waals surface area contributed by atoms with E-state index in [0.717, 1.165) is 15.8 Å². The van der Waals surface area contributed by atoms with E-state index >= 15 is 0 Å². The molecule has 0 atom stereocenters. The van der Waals surface area contributed by atoms with E-state index in [9.17, 15) is 4.79 Å². The van der Waals surface area contributed by atoms with Crippen molar-refractivity contribution >= 4 is 21.9 Å². The van der Waals surface area contributed by atoms with Gasteiger partial charge in [0.2, 0.25) is 0 Å². The largest absolute Gasteiger partial charge is 0.497 e. The third-order valence-electron chi connectivity index (χ3n) is 3.08. The van der Waals surface area contributed by atoms with Crippen LogP contribution in [0.1, 0.15) is 25.8 Å². The molecule has 106 valence electrons. The number of rotatable bonds is 7. The predicted molar refractivity (Wildman–Crippen MR) is 78.4 cm³/mol. The predicted octanol–water partition coefficient (Wildman–Crippen LogP) is 3.05.